The van der Waals surface area contributed by atoms with E-state index in [2.05, 4.69) is 15.1 Å². The first-order valence-electron chi connectivity index (χ1n) is 5.12. The fraction of sp³-hybridized carbons (Fsp3) is 0.778. The number of piperidine rings is 1. The Morgan fingerprint density at radius 3 is 3.13 bits per heavy atom. The van der Waals surface area contributed by atoms with Gasteiger partial charge in [-0.15, -0.1) is 0 Å². The van der Waals surface area contributed by atoms with Crippen LogP contribution >= 0.6 is 0 Å². The largest absolute Gasteiger partial charge is 0.390 e. The van der Waals surface area contributed by atoms with Crippen molar-refractivity contribution in [1.29, 1.82) is 0 Å². The van der Waals surface area contributed by atoms with Crippen molar-refractivity contribution in [2.45, 2.75) is 12.8 Å². The van der Waals surface area contributed by atoms with Crippen LogP contribution in [0.2, 0.25) is 0 Å². The fourth-order valence-electron chi connectivity index (χ4n) is 1.96. The molecule has 2 rings (SSSR count). The molecule has 15 heavy (non-hydrogen) atoms. The Balaban J connectivity index is 1.98. The van der Waals surface area contributed by atoms with Crippen molar-refractivity contribution in [2.75, 3.05) is 37.4 Å². The topological polar surface area (TPSA) is 77.4 Å². The summed E-state index contributed by atoms with van der Waals surface area (Å²) < 4.78 is 10.3. The highest BCUT2D eigenvalue weighted by Crippen LogP contribution is 2.22. The van der Waals surface area contributed by atoms with Gasteiger partial charge in [-0.25, -0.2) is 0 Å². The maximum atomic E-state index is 5.39. The van der Waals surface area contributed by atoms with Gasteiger partial charge in [0.15, 0.2) is 0 Å². The first-order valence-corrected chi connectivity index (χ1v) is 5.12. The van der Waals surface area contributed by atoms with Crippen LogP contribution in [0, 0.1) is 5.92 Å². The molecule has 2 heterocycles. The van der Waals surface area contributed by atoms with Gasteiger partial charge in [0.1, 0.15) is 0 Å². The van der Waals surface area contributed by atoms with Crippen molar-refractivity contribution < 1.29 is 9.15 Å². The molecule has 2 N–H and O–H groups in total. The normalized spacial score (nSPS) is 21.9. The third-order valence-corrected chi connectivity index (χ3v) is 2.62. The lowest BCUT2D eigenvalue weighted by atomic mass is 9.99. The van der Waals surface area contributed by atoms with Crippen molar-refractivity contribution in [2.24, 2.45) is 5.92 Å². The highest BCUT2D eigenvalue weighted by atomic mass is 16.5. The Hall–Kier alpha value is -1.30. The van der Waals surface area contributed by atoms with Crippen molar-refractivity contribution in [1.82, 2.24) is 10.2 Å². The molecule has 84 valence electrons. The van der Waals surface area contributed by atoms with E-state index < -0.39 is 0 Å². The maximum absolute atomic E-state index is 5.39. The summed E-state index contributed by atoms with van der Waals surface area (Å²) in [4.78, 5) is 2.07. The van der Waals surface area contributed by atoms with E-state index in [1.165, 1.54) is 6.42 Å². The molecule has 1 atom stereocenters. The minimum absolute atomic E-state index is 0.124. The first-order chi connectivity index (χ1) is 7.29. The highest BCUT2D eigenvalue weighted by molar-refractivity contribution is 5.28. The third kappa shape index (κ3) is 2.38. The first kappa shape index (κ1) is 10.2. The van der Waals surface area contributed by atoms with Gasteiger partial charge < -0.3 is 19.8 Å². The van der Waals surface area contributed by atoms with E-state index in [4.69, 9.17) is 14.9 Å². The number of hydrogen-bond donors (Lipinski definition) is 1. The summed E-state index contributed by atoms with van der Waals surface area (Å²) in [7, 11) is 1.73. The van der Waals surface area contributed by atoms with Crippen LogP contribution in [0.5, 0.6) is 0 Å². The van der Waals surface area contributed by atoms with Gasteiger partial charge in [0.2, 0.25) is 0 Å². The Labute approximate surface area is 88.4 Å². The molecule has 1 aliphatic heterocycles. The molecule has 0 spiro atoms. The summed E-state index contributed by atoms with van der Waals surface area (Å²) in [5.41, 5.74) is 5.39. The fourth-order valence-corrected chi connectivity index (χ4v) is 1.96. The van der Waals surface area contributed by atoms with Crippen molar-refractivity contribution in [3.8, 4) is 0 Å². The number of ether oxygens (including phenoxy) is 1. The highest BCUT2D eigenvalue weighted by Gasteiger charge is 2.23. The van der Waals surface area contributed by atoms with E-state index in [9.17, 15) is 0 Å². The van der Waals surface area contributed by atoms with E-state index >= 15 is 0 Å². The lowest BCUT2D eigenvalue weighted by molar-refractivity contribution is 0.142. The van der Waals surface area contributed by atoms with E-state index in [0.29, 0.717) is 11.9 Å². The van der Waals surface area contributed by atoms with E-state index in [1.54, 1.807) is 7.11 Å². The second kappa shape index (κ2) is 4.48. The van der Waals surface area contributed by atoms with Crippen LogP contribution in [0.15, 0.2) is 4.42 Å². The van der Waals surface area contributed by atoms with Crippen LogP contribution in [-0.4, -0.2) is 37.0 Å². The average molecular weight is 212 g/mol. The molecule has 0 aromatic carbocycles. The van der Waals surface area contributed by atoms with Crippen molar-refractivity contribution in [3.05, 3.63) is 0 Å². The number of rotatable bonds is 3. The average Bonchev–Trinajstić information content (AvgIpc) is 2.66. The predicted octanol–water partition coefficient (Wildman–Crippen LogP) is 0.515. The molecular weight excluding hydrogens is 196 g/mol. The Morgan fingerprint density at radius 1 is 1.60 bits per heavy atom. The summed E-state index contributed by atoms with van der Waals surface area (Å²) in [6, 6.07) is 0.646. The molecule has 0 saturated carbocycles. The Bertz CT molecular complexity index is 313. The summed E-state index contributed by atoms with van der Waals surface area (Å²) >= 11 is 0. The molecule has 1 aromatic heterocycles. The predicted molar refractivity (Wildman–Crippen MR) is 55.5 cm³/mol. The van der Waals surface area contributed by atoms with Gasteiger partial charge in [0, 0.05) is 26.1 Å². The molecular formula is C9H16N4O2. The third-order valence-electron chi connectivity index (χ3n) is 2.62. The van der Waals surface area contributed by atoms with Crippen LogP contribution in [0.3, 0.4) is 0 Å². The Morgan fingerprint density at radius 2 is 2.47 bits per heavy atom. The van der Waals surface area contributed by atoms with Crippen LogP contribution < -0.4 is 10.6 Å². The van der Waals surface area contributed by atoms with Crippen LogP contribution in [0.25, 0.3) is 0 Å². The minimum Gasteiger partial charge on any atom is -0.390 e. The van der Waals surface area contributed by atoms with E-state index in [0.717, 1.165) is 26.1 Å². The van der Waals surface area contributed by atoms with E-state index in [-0.39, 0.29) is 6.01 Å². The second-order valence-corrected chi connectivity index (χ2v) is 3.83. The van der Waals surface area contributed by atoms with Gasteiger partial charge in [0.05, 0.1) is 6.61 Å². The van der Waals surface area contributed by atoms with E-state index in [1.807, 2.05) is 0 Å². The molecule has 1 unspecified atom stereocenters. The zero-order valence-corrected chi connectivity index (χ0v) is 8.85. The molecule has 0 radical (unpaired) electrons. The molecule has 6 nitrogen and oxygen atoms in total. The smallest absolute Gasteiger partial charge is 0.319 e. The zero-order valence-electron chi connectivity index (χ0n) is 8.85. The second-order valence-electron chi connectivity index (χ2n) is 3.83. The number of nitrogen functional groups attached to an aromatic ring is 1. The number of nitrogens with zero attached hydrogens (tertiary/aromatic N) is 3. The molecule has 1 fully saturated rings. The monoisotopic (exact) mass is 212 g/mol. The van der Waals surface area contributed by atoms with Gasteiger partial charge >= 0.3 is 12.0 Å². The van der Waals surface area contributed by atoms with Gasteiger partial charge in [0.25, 0.3) is 0 Å². The Kier molecular flexibility index (Phi) is 3.05. The van der Waals surface area contributed by atoms with Crippen LogP contribution in [0.1, 0.15) is 12.8 Å². The quantitative estimate of drug-likeness (QED) is 0.786. The SMILES string of the molecule is COCC1CCCN(c2nnc(N)o2)C1. The standard InChI is InChI=1S/C9H16N4O2/c1-14-6-7-3-2-4-13(5-7)9-12-11-8(10)15-9/h7H,2-6H2,1H3,(H2,10,11). The summed E-state index contributed by atoms with van der Waals surface area (Å²) in [5.74, 6) is 0.539. The number of aromatic nitrogens is 2. The lowest BCUT2D eigenvalue weighted by Gasteiger charge is -2.30. The molecule has 1 aromatic rings. The van der Waals surface area contributed by atoms with Crippen LogP contribution in [-0.2, 0) is 4.74 Å². The van der Waals surface area contributed by atoms with Crippen molar-refractivity contribution in [3.63, 3.8) is 0 Å². The van der Waals surface area contributed by atoms with Gasteiger partial charge in [-0.05, 0) is 12.8 Å². The molecule has 6 heteroatoms. The van der Waals surface area contributed by atoms with Gasteiger partial charge in [-0.1, -0.05) is 10.2 Å². The molecule has 0 amide bonds. The molecule has 1 saturated heterocycles. The minimum atomic E-state index is 0.124. The summed E-state index contributed by atoms with van der Waals surface area (Å²) in [6.45, 7) is 2.62. The maximum Gasteiger partial charge on any atom is 0.319 e. The number of anilines is 2. The molecule has 1 aliphatic rings. The van der Waals surface area contributed by atoms with Gasteiger partial charge in [-0.2, -0.15) is 0 Å². The van der Waals surface area contributed by atoms with Crippen LogP contribution in [0.4, 0.5) is 12.0 Å². The number of methoxy groups -OCH3 is 1. The number of hydrogen-bond acceptors (Lipinski definition) is 6. The summed E-state index contributed by atoms with van der Waals surface area (Å²) in [6.07, 6.45) is 2.31. The lowest BCUT2D eigenvalue weighted by Crippen LogP contribution is -2.37. The zero-order chi connectivity index (χ0) is 10.7. The number of nitrogens with two attached hydrogens (primary N) is 1. The van der Waals surface area contributed by atoms with Gasteiger partial charge in [-0.3, -0.25) is 0 Å². The molecule has 0 aliphatic carbocycles. The van der Waals surface area contributed by atoms with Crippen molar-refractivity contribution >= 4 is 12.0 Å². The molecule has 0 bridgehead atoms. The summed E-state index contributed by atoms with van der Waals surface area (Å²) in [5, 5.41) is 7.53.